The summed E-state index contributed by atoms with van der Waals surface area (Å²) in [4.78, 5) is 25.9. The van der Waals surface area contributed by atoms with Crippen LogP contribution in [0.4, 0.5) is 0 Å². The van der Waals surface area contributed by atoms with E-state index >= 15 is 0 Å². The minimum absolute atomic E-state index is 0.00364. The fraction of sp³-hybridized carbons (Fsp3) is 0.867. The number of hydrogen-bond acceptors (Lipinski definition) is 3. The molecule has 2 heterocycles. The molecule has 114 valence electrons. The third-order valence-corrected chi connectivity index (χ3v) is 4.47. The molecule has 0 aromatic rings. The molecule has 0 saturated carbocycles. The van der Waals surface area contributed by atoms with Gasteiger partial charge in [-0.2, -0.15) is 0 Å². The van der Waals surface area contributed by atoms with Crippen molar-refractivity contribution in [2.24, 2.45) is 5.92 Å². The van der Waals surface area contributed by atoms with Crippen LogP contribution in [-0.2, 0) is 14.3 Å². The summed E-state index contributed by atoms with van der Waals surface area (Å²) in [5.41, 5.74) is 0. The summed E-state index contributed by atoms with van der Waals surface area (Å²) in [6.07, 6.45) is 5.42. The Morgan fingerprint density at radius 1 is 1.45 bits per heavy atom. The summed E-state index contributed by atoms with van der Waals surface area (Å²) >= 11 is 0. The van der Waals surface area contributed by atoms with Gasteiger partial charge in [-0.25, -0.2) is 0 Å². The number of hydrogen-bond donors (Lipinski definition) is 1. The van der Waals surface area contributed by atoms with Crippen LogP contribution in [0.3, 0.4) is 0 Å². The lowest BCUT2D eigenvalue weighted by molar-refractivity contribution is -0.147. The maximum Gasteiger partial charge on any atom is 0.243 e. The Morgan fingerprint density at radius 3 is 2.90 bits per heavy atom. The predicted octanol–water partition coefficient (Wildman–Crippen LogP) is 1.32. The van der Waals surface area contributed by atoms with Crippen LogP contribution < -0.4 is 5.32 Å². The van der Waals surface area contributed by atoms with Crippen LogP contribution in [0.1, 0.15) is 46.0 Å². The van der Waals surface area contributed by atoms with Gasteiger partial charge in [-0.15, -0.1) is 0 Å². The minimum atomic E-state index is -0.300. The summed E-state index contributed by atoms with van der Waals surface area (Å²) in [5.74, 6) is 0.236. The van der Waals surface area contributed by atoms with E-state index in [2.05, 4.69) is 12.2 Å². The van der Waals surface area contributed by atoms with E-state index in [1.165, 1.54) is 0 Å². The molecule has 2 rings (SSSR count). The first kappa shape index (κ1) is 15.3. The van der Waals surface area contributed by atoms with Gasteiger partial charge in [0.15, 0.2) is 0 Å². The van der Waals surface area contributed by atoms with Crippen molar-refractivity contribution in [1.82, 2.24) is 10.2 Å². The number of nitrogens with one attached hydrogen (secondary N) is 1. The second-order valence-corrected chi connectivity index (χ2v) is 5.91. The van der Waals surface area contributed by atoms with E-state index in [1.54, 1.807) is 4.90 Å². The highest BCUT2D eigenvalue weighted by Crippen LogP contribution is 2.21. The molecule has 2 aliphatic heterocycles. The smallest absolute Gasteiger partial charge is 0.243 e. The number of carbonyl (C=O) groups is 2. The lowest BCUT2D eigenvalue weighted by atomic mass is 9.94. The first-order chi connectivity index (χ1) is 9.63. The Hall–Kier alpha value is -1.10. The van der Waals surface area contributed by atoms with Crippen LogP contribution >= 0.6 is 0 Å². The molecular weight excluding hydrogens is 256 g/mol. The predicted molar refractivity (Wildman–Crippen MR) is 76.2 cm³/mol. The first-order valence-corrected chi connectivity index (χ1v) is 7.82. The van der Waals surface area contributed by atoms with Crippen molar-refractivity contribution in [3.05, 3.63) is 0 Å². The zero-order valence-electron chi connectivity index (χ0n) is 12.6. The van der Waals surface area contributed by atoms with Crippen molar-refractivity contribution in [2.75, 3.05) is 19.7 Å². The highest BCUT2D eigenvalue weighted by molar-refractivity contribution is 5.94. The Balaban J connectivity index is 1.90. The fourth-order valence-corrected chi connectivity index (χ4v) is 3.08. The standard InChI is InChI=1S/C15H26N2O3/c1-3-11(2)14-15(19)16-10-13(18)17(14)8-4-6-12-7-5-9-20-12/h11-12,14H,3-10H2,1-2H3,(H,16,19). The van der Waals surface area contributed by atoms with Gasteiger partial charge < -0.3 is 15.0 Å². The lowest BCUT2D eigenvalue weighted by Gasteiger charge is -2.38. The van der Waals surface area contributed by atoms with Crippen LogP contribution in [0, 0.1) is 5.92 Å². The van der Waals surface area contributed by atoms with E-state index in [1.807, 2.05) is 6.92 Å². The number of ether oxygens (including phenoxy) is 1. The van der Waals surface area contributed by atoms with Crippen molar-refractivity contribution >= 4 is 11.8 Å². The SMILES string of the molecule is CCC(C)C1C(=O)NCC(=O)N1CCCC1CCCO1. The number of carbonyl (C=O) groups excluding carboxylic acids is 2. The van der Waals surface area contributed by atoms with Gasteiger partial charge in [0.2, 0.25) is 11.8 Å². The molecule has 3 atom stereocenters. The summed E-state index contributed by atoms with van der Waals surface area (Å²) in [5, 5.41) is 2.70. The van der Waals surface area contributed by atoms with Gasteiger partial charge in [-0.05, 0) is 31.6 Å². The molecule has 0 aromatic carbocycles. The number of piperazine rings is 1. The molecule has 5 nitrogen and oxygen atoms in total. The molecule has 0 radical (unpaired) electrons. The molecule has 0 aromatic heterocycles. The van der Waals surface area contributed by atoms with Gasteiger partial charge in [0.05, 0.1) is 12.6 Å². The molecule has 2 saturated heterocycles. The largest absolute Gasteiger partial charge is 0.378 e. The molecule has 20 heavy (non-hydrogen) atoms. The van der Waals surface area contributed by atoms with Crippen molar-refractivity contribution in [3.63, 3.8) is 0 Å². The fourth-order valence-electron chi connectivity index (χ4n) is 3.08. The van der Waals surface area contributed by atoms with Crippen LogP contribution in [0.15, 0.2) is 0 Å². The molecule has 2 fully saturated rings. The van der Waals surface area contributed by atoms with Gasteiger partial charge in [-0.1, -0.05) is 20.3 Å². The van der Waals surface area contributed by atoms with Crippen molar-refractivity contribution < 1.29 is 14.3 Å². The van der Waals surface area contributed by atoms with Gasteiger partial charge in [0.25, 0.3) is 0 Å². The van der Waals surface area contributed by atoms with E-state index in [0.717, 1.165) is 38.7 Å². The average molecular weight is 282 g/mol. The molecule has 2 aliphatic rings. The Labute approximate surface area is 121 Å². The molecule has 3 unspecified atom stereocenters. The molecule has 1 N–H and O–H groups in total. The van der Waals surface area contributed by atoms with E-state index in [4.69, 9.17) is 4.74 Å². The quantitative estimate of drug-likeness (QED) is 0.799. The van der Waals surface area contributed by atoms with Crippen LogP contribution in [-0.4, -0.2) is 48.6 Å². The topological polar surface area (TPSA) is 58.6 Å². The van der Waals surface area contributed by atoms with E-state index in [0.29, 0.717) is 12.6 Å². The van der Waals surface area contributed by atoms with E-state index in [-0.39, 0.29) is 30.3 Å². The number of nitrogens with zero attached hydrogens (tertiary/aromatic N) is 1. The summed E-state index contributed by atoms with van der Waals surface area (Å²) < 4.78 is 5.60. The van der Waals surface area contributed by atoms with Gasteiger partial charge in [-0.3, -0.25) is 9.59 Å². The molecule has 5 heteroatoms. The molecule has 0 bridgehead atoms. The zero-order valence-corrected chi connectivity index (χ0v) is 12.6. The second kappa shape index (κ2) is 7.07. The Bertz CT molecular complexity index is 353. The normalized spacial score (nSPS) is 28.6. The first-order valence-electron chi connectivity index (χ1n) is 7.82. The molecular formula is C15H26N2O3. The Morgan fingerprint density at radius 2 is 2.25 bits per heavy atom. The number of amides is 2. The van der Waals surface area contributed by atoms with Crippen molar-refractivity contribution in [2.45, 2.75) is 58.1 Å². The van der Waals surface area contributed by atoms with Gasteiger partial charge in [0, 0.05) is 13.2 Å². The third-order valence-electron chi connectivity index (χ3n) is 4.47. The minimum Gasteiger partial charge on any atom is -0.378 e. The van der Waals surface area contributed by atoms with Gasteiger partial charge in [0.1, 0.15) is 6.04 Å². The van der Waals surface area contributed by atoms with E-state index in [9.17, 15) is 9.59 Å². The highest BCUT2D eigenvalue weighted by atomic mass is 16.5. The monoisotopic (exact) mass is 282 g/mol. The second-order valence-electron chi connectivity index (χ2n) is 5.91. The number of rotatable bonds is 6. The molecule has 0 spiro atoms. The zero-order chi connectivity index (χ0) is 14.5. The van der Waals surface area contributed by atoms with E-state index < -0.39 is 0 Å². The van der Waals surface area contributed by atoms with Crippen LogP contribution in [0.2, 0.25) is 0 Å². The summed E-state index contributed by atoms with van der Waals surface area (Å²) in [6, 6.07) is -0.300. The van der Waals surface area contributed by atoms with Gasteiger partial charge >= 0.3 is 0 Å². The van der Waals surface area contributed by atoms with Crippen molar-refractivity contribution in [3.8, 4) is 0 Å². The summed E-state index contributed by atoms with van der Waals surface area (Å²) in [7, 11) is 0. The van der Waals surface area contributed by atoms with Crippen LogP contribution in [0.5, 0.6) is 0 Å². The highest BCUT2D eigenvalue weighted by Gasteiger charge is 2.37. The third kappa shape index (κ3) is 3.51. The molecule has 2 amide bonds. The average Bonchev–Trinajstić information content (AvgIpc) is 2.95. The lowest BCUT2D eigenvalue weighted by Crippen LogP contribution is -2.60. The summed E-state index contributed by atoms with van der Waals surface area (Å²) in [6.45, 7) is 5.77. The van der Waals surface area contributed by atoms with Crippen molar-refractivity contribution in [1.29, 1.82) is 0 Å². The maximum atomic E-state index is 12.1. The van der Waals surface area contributed by atoms with Crippen LogP contribution in [0.25, 0.3) is 0 Å². The Kier molecular flexibility index (Phi) is 5.40. The molecule has 0 aliphatic carbocycles. The maximum absolute atomic E-state index is 12.1.